The van der Waals surface area contributed by atoms with E-state index < -0.39 is 48.1 Å². The molecule has 1 aliphatic rings. The Kier molecular flexibility index (Phi) is 4.72. The summed E-state index contributed by atoms with van der Waals surface area (Å²) in [4.78, 5) is 25.4. The number of halogens is 1. The zero-order chi connectivity index (χ0) is 17.4. The molecule has 0 spiro atoms. The quantitative estimate of drug-likeness (QED) is 0.474. The molecule has 9 heteroatoms. The van der Waals surface area contributed by atoms with E-state index in [4.69, 9.17) is 4.74 Å². The summed E-state index contributed by atoms with van der Waals surface area (Å²) in [5.74, 6) is 4.15. The fourth-order valence-corrected chi connectivity index (χ4v) is 2.58. The molecule has 5 atom stereocenters. The zero-order valence-corrected chi connectivity index (χ0v) is 12.5. The van der Waals surface area contributed by atoms with E-state index in [2.05, 4.69) is 5.92 Å². The lowest BCUT2D eigenvalue weighted by atomic mass is 9.92. The van der Waals surface area contributed by atoms with E-state index in [1.54, 1.807) is 0 Å². The number of ether oxygens (including phenoxy) is 1. The molecule has 23 heavy (non-hydrogen) atoms. The smallest absolute Gasteiger partial charge is 0.330 e. The third-order valence-electron chi connectivity index (χ3n) is 3.66. The van der Waals surface area contributed by atoms with Crippen LogP contribution in [0.25, 0.3) is 0 Å². The Bertz CT molecular complexity index is 761. The van der Waals surface area contributed by atoms with Crippen LogP contribution in [-0.2, 0) is 4.74 Å². The predicted octanol–water partition coefficient (Wildman–Crippen LogP) is -1.81. The van der Waals surface area contributed by atoms with Crippen LogP contribution in [-0.4, -0.2) is 55.5 Å². The van der Waals surface area contributed by atoms with Gasteiger partial charge >= 0.3 is 5.69 Å². The molecule has 4 N–H and O–H groups in total. The molecule has 0 radical (unpaired) electrons. The highest BCUT2D eigenvalue weighted by Crippen LogP contribution is 2.39. The summed E-state index contributed by atoms with van der Waals surface area (Å²) < 4.78 is 18.7. The molecular formula is C14H17FN2O6. The van der Waals surface area contributed by atoms with Gasteiger partial charge < -0.3 is 20.1 Å². The van der Waals surface area contributed by atoms with Crippen LogP contribution in [0.15, 0.2) is 15.7 Å². The van der Waals surface area contributed by atoms with E-state index in [9.17, 15) is 29.3 Å². The molecule has 0 aromatic carbocycles. The lowest BCUT2D eigenvalue weighted by Crippen LogP contribution is -2.49. The Hall–Kier alpha value is -1.99. The standard InChI is InChI=1S/C14H17FN2O6/c1-7-6-9(19)16-13(21)17(7)12-14(22,4-3-5-15)11(20)10(23-12)8(2)18/h6,8,10-12,18,20,22H,5H2,1-2H3,(H,16,19,21)/t8-,10?,11?,12-,14-/m1/s1. The highest BCUT2D eigenvalue weighted by atomic mass is 19.1. The minimum Gasteiger partial charge on any atom is -0.391 e. The maximum atomic E-state index is 12.4. The first kappa shape index (κ1) is 17.4. The number of aliphatic hydroxyl groups excluding tert-OH is 2. The van der Waals surface area contributed by atoms with Crippen LogP contribution in [0.4, 0.5) is 4.39 Å². The van der Waals surface area contributed by atoms with Crippen molar-refractivity contribution in [2.24, 2.45) is 0 Å². The molecule has 1 fully saturated rings. The van der Waals surface area contributed by atoms with Gasteiger partial charge in [0, 0.05) is 11.8 Å². The number of aromatic amines is 1. The molecule has 0 saturated carbocycles. The second kappa shape index (κ2) is 6.25. The summed E-state index contributed by atoms with van der Waals surface area (Å²) in [6.07, 6.45) is -5.66. The van der Waals surface area contributed by atoms with Gasteiger partial charge in [0.1, 0.15) is 18.9 Å². The van der Waals surface area contributed by atoms with E-state index in [1.807, 2.05) is 10.9 Å². The van der Waals surface area contributed by atoms with Gasteiger partial charge in [0.05, 0.1) is 6.10 Å². The van der Waals surface area contributed by atoms with Crippen molar-refractivity contribution >= 4 is 0 Å². The Morgan fingerprint density at radius 2 is 2.22 bits per heavy atom. The number of nitrogens with zero attached hydrogens (tertiary/aromatic N) is 1. The summed E-state index contributed by atoms with van der Waals surface area (Å²) in [5, 5.41) is 30.6. The number of alkyl halides is 1. The van der Waals surface area contributed by atoms with Gasteiger partial charge in [-0.05, 0) is 13.8 Å². The van der Waals surface area contributed by atoms with Crippen molar-refractivity contribution < 1.29 is 24.4 Å². The molecule has 2 rings (SSSR count). The third kappa shape index (κ3) is 2.94. The number of H-pyrrole nitrogens is 1. The van der Waals surface area contributed by atoms with Crippen molar-refractivity contribution in [1.29, 1.82) is 0 Å². The first-order chi connectivity index (χ1) is 10.7. The van der Waals surface area contributed by atoms with Crippen LogP contribution < -0.4 is 11.2 Å². The van der Waals surface area contributed by atoms with E-state index in [0.717, 1.165) is 10.6 Å². The summed E-state index contributed by atoms with van der Waals surface area (Å²) in [7, 11) is 0. The van der Waals surface area contributed by atoms with Gasteiger partial charge in [-0.25, -0.2) is 9.18 Å². The van der Waals surface area contributed by atoms with E-state index >= 15 is 0 Å². The molecule has 8 nitrogen and oxygen atoms in total. The summed E-state index contributed by atoms with van der Waals surface area (Å²) in [6.45, 7) is 1.66. The third-order valence-corrected chi connectivity index (χ3v) is 3.66. The molecule has 2 unspecified atom stereocenters. The Balaban J connectivity index is 2.63. The van der Waals surface area contributed by atoms with Crippen molar-refractivity contribution in [3.63, 3.8) is 0 Å². The van der Waals surface area contributed by atoms with Gasteiger partial charge in [0.25, 0.3) is 5.56 Å². The summed E-state index contributed by atoms with van der Waals surface area (Å²) >= 11 is 0. The maximum absolute atomic E-state index is 12.4. The fraction of sp³-hybridized carbons (Fsp3) is 0.571. The molecule has 1 aromatic rings. The van der Waals surface area contributed by atoms with E-state index in [-0.39, 0.29) is 5.69 Å². The second-order valence-electron chi connectivity index (χ2n) is 5.35. The Morgan fingerprint density at radius 1 is 1.57 bits per heavy atom. The van der Waals surface area contributed by atoms with Gasteiger partial charge in [-0.3, -0.25) is 14.3 Å². The number of hydrogen-bond donors (Lipinski definition) is 4. The topological polar surface area (TPSA) is 125 Å². The maximum Gasteiger partial charge on any atom is 0.330 e. The molecule has 0 bridgehead atoms. The SMILES string of the molecule is Cc1cc(=O)[nH]c(=O)n1[C@@H]1OC([C@@H](C)O)C(O)[C@]1(O)C#CCF. The number of rotatable bonds is 2. The second-order valence-corrected chi connectivity index (χ2v) is 5.35. The predicted molar refractivity (Wildman–Crippen MR) is 76.4 cm³/mol. The normalized spacial score (nSPS) is 31.5. The molecule has 1 saturated heterocycles. The van der Waals surface area contributed by atoms with Crippen LogP contribution in [0.1, 0.15) is 18.8 Å². The molecule has 0 aliphatic carbocycles. The largest absolute Gasteiger partial charge is 0.391 e. The summed E-state index contributed by atoms with van der Waals surface area (Å²) in [6, 6.07) is 1.09. The van der Waals surface area contributed by atoms with Crippen LogP contribution in [0.5, 0.6) is 0 Å². The van der Waals surface area contributed by atoms with Gasteiger partial charge in [0.15, 0.2) is 11.8 Å². The molecule has 1 aromatic heterocycles. The van der Waals surface area contributed by atoms with Crippen LogP contribution >= 0.6 is 0 Å². The van der Waals surface area contributed by atoms with Gasteiger partial charge in [-0.2, -0.15) is 0 Å². The van der Waals surface area contributed by atoms with Crippen molar-refractivity contribution in [2.75, 3.05) is 6.67 Å². The number of aryl methyl sites for hydroxylation is 1. The zero-order valence-electron chi connectivity index (χ0n) is 12.5. The number of hydrogen-bond acceptors (Lipinski definition) is 6. The molecular weight excluding hydrogens is 311 g/mol. The summed E-state index contributed by atoms with van der Waals surface area (Å²) in [5.41, 5.74) is -3.73. The van der Waals surface area contributed by atoms with E-state index in [0.29, 0.717) is 0 Å². The minimum absolute atomic E-state index is 0.141. The van der Waals surface area contributed by atoms with Crippen LogP contribution in [0.2, 0.25) is 0 Å². The van der Waals surface area contributed by atoms with Gasteiger partial charge in [-0.1, -0.05) is 11.8 Å². The Labute approximate surface area is 130 Å². The fourth-order valence-electron chi connectivity index (χ4n) is 2.58. The number of nitrogens with one attached hydrogen (secondary N) is 1. The average molecular weight is 328 g/mol. The molecule has 1 aliphatic heterocycles. The lowest BCUT2D eigenvalue weighted by Gasteiger charge is -2.27. The first-order valence-electron chi connectivity index (χ1n) is 6.84. The van der Waals surface area contributed by atoms with E-state index in [1.165, 1.54) is 13.8 Å². The molecule has 0 amide bonds. The van der Waals surface area contributed by atoms with Gasteiger partial charge in [-0.15, -0.1) is 0 Å². The van der Waals surface area contributed by atoms with Crippen molar-refractivity contribution in [2.45, 2.75) is 44.0 Å². The van der Waals surface area contributed by atoms with Crippen molar-refractivity contribution in [3.05, 3.63) is 32.6 Å². The number of aromatic nitrogens is 2. The number of aliphatic hydroxyl groups is 3. The highest BCUT2D eigenvalue weighted by Gasteiger charge is 2.57. The monoisotopic (exact) mass is 328 g/mol. The van der Waals surface area contributed by atoms with Crippen molar-refractivity contribution in [3.8, 4) is 11.8 Å². The van der Waals surface area contributed by atoms with Crippen LogP contribution in [0, 0.1) is 18.8 Å². The highest BCUT2D eigenvalue weighted by molar-refractivity contribution is 5.24. The minimum atomic E-state index is -2.33. The van der Waals surface area contributed by atoms with Gasteiger partial charge in [0.2, 0.25) is 0 Å². The first-order valence-corrected chi connectivity index (χ1v) is 6.84. The Morgan fingerprint density at radius 3 is 2.74 bits per heavy atom. The molecule has 126 valence electrons. The van der Waals surface area contributed by atoms with Crippen molar-refractivity contribution in [1.82, 2.24) is 9.55 Å². The molecule has 2 heterocycles. The average Bonchev–Trinajstić information content (AvgIpc) is 2.70. The van der Waals surface area contributed by atoms with Crippen LogP contribution in [0.3, 0.4) is 0 Å². The lowest BCUT2D eigenvalue weighted by molar-refractivity contribution is -0.0892.